The van der Waals surface area contributed by atoms with Crippen molar-refractivity contribution in [3.05, 3.63) is 95.9 Å². The van der Waals surface area contributed by atoms with E-state index >= 15 is 0 Å². The number of hydrogen-bond acceptors (Lipinski definition) is 4. The zero-order valence-electron chi connectivity index (χ0n) is 15.3. The van der Waals surface area contributed by atoms with Crippen LogP contribution in [0.4, 0.5) is 0 Å². The number of alkyl halides is 1. The van der Waals surface area contributed by atoms with Crippen LogP contribution in [0.15, 0.2) is 84.0 Å². The fourth-order valence-electron chi connectivity index (χ4n) is 3.26. The summed E-state index contributed by atoms with van der Waals surface area (Å²) in [5, 5.41) is 0.555. The molecule has 0 spiro atoms. The number of carbonyl (C=O) groups excluding carboxylic acids is 1. The molecule has 0 N–H and O–H groups in total. The zero-order chi connectivity index (χ0) is 20.4. The maximum Gasteiger partial charge on any atom is 0.268 e. The first kappa shape index (κ1) is 19.4. The van der Waals surface area contributed by atoms with Crippen LogP contribution in [-0.2, 0) is 16.4 Å². The molecule has 0 aliphatic carbocycles. The van der Waals surface area contributed by atoms with Crippen LogP contribution in [-0.4, -0.2) is 29.0 Å². The number of hydrogen-bond donors (Lipinski definition) is 0. The Morgan fingerprint density at radius 1 is 1.00 bits per heavy atom. The number of aromatic nitrogens is 2. The number of ketones is 1. The lowest BCUT2D eigenvalue weighted by molar-refractivity contribution is 0.102. The molecule has 0 amide bonds. The van der Waals surface area contributed by atoms with Gasteiger partial charge < -0.3 is 0 Å². The molecule has 0 bridgehead atoms. The smallest absolute Gasteiger partial charge is 0.268 e. The third kappa shape index (κ3) is 3.69. The topological polar surface area (TPSA) is 69.0 Å². The third-order valence-electron chi connectivity index (χ3n) is 4.67. The van der Waals surface area contributed by atoms with Gasteiger partial charge in [0.25, 0.3) is 10.0 Å². The van der Waals surface area contributed by atoms with E-state index in [-0.39, 0.29) is 16.6 Å². The molecule has 2 heterocycles. The molecule has 0 unspecified atom stereocenters. The molecule has 0 saturated carbocycles. The van der Waals surface area contributed by atoms with Crippen molar-refractivity contribution >= 4 is 38.3 Å². The maximum atomic E-state index is 13.2. The lowest BCUT2D eigenvalue weighted by Gasteiger charge is -2.08. The highest BCUT2D eigenvalue weighted by Gasteiger charge is 2.23. The normalized spacial score (nSPS) is 11.6. The van der Waals surface area contributed by atoms with Gasteiger partial charge >= 0.3 is 0 Å². The predicted molar refractivity (Wildman–Crippen MR) is 113 cm³/mol. The summed E-state index contributed by atoms with van der Waals surface area (Å²) >= 11 is 5.75. The molecule has 146 valence electrons. The van der Waals surface area contributed by atoms with Gasteiger partial charge in [0.2, 0.25) is 0 Å². The average Bonchev–Trinajstić information content (AvgIpc) is 3.14. The van der Waals surface area contributed by atoms with Crippen LogP contribution < -0.4 is 0 Å². The van der Waals surface area contributed by atoms with E-state index in [4.69, 9.17) is 11.6 Å². The lowest BCUT2D eigenvalue weighted by atomic mass is 10.0. The van der Waals surface area contributed by atoms with Crippen LogP contribution in [0.1, 0.15) is 21.6 Å². The van der Waals surface area contributed by atoms with E-state index in [9.17, 15) is 13.2 Å². The van der Waals surface area contributed by atoms with Gasteiger partial charge in [0.15, 0.2) is 5.78 Å². The molecule has 4 rings (SSSR count). The summed E-state index contributed by atoms with van der Waals surface area (Å²) in [5.41, 5.74) is 2.49. The Balaban J connectivity index is 1.90. The standard InChI is InChI=1S/C22H17ClN2O3S/c23-14-22(26)20-15-25(29(27,28)18-7-2-1-3-8-18)21-13-16(9-10-19(20)21)12-17-6-4-5-11-24-17/h1-11,13,15H,12,14H2. The lowest BCUT2D eigenvalue weighted by Crippen LogP contribution is -2.12. The predicted octanol–water partition coefficient (Wildman–Crippen LogP) is 4.29. The molecule has 29 heavy (non-hydrogen) atoms. The van der Waals surface area contributed by atoms with E-state index in [1.165, 1.54) is 22.3 Å². The largest absolute Gasteiger partial charge is 0.293 e. The molecule has 0 saturated heterocycles. The summed E-state index contributed by atoms with van der Waals surface area (Å²) in [6, 6.07) is 19.2. The fraction of sp³-hybridized carbons (Fsp3) is 0.0909. The van der Waals surface area contributed by atoms with Gasteiger partial charge in [-0.1, -0.05) is 36.4 Å². The molecular weight excluding hydrogens is 408 g/mol. The zero-order valence-corrected chi connectivity index (χ0v) is 16.9. The number of pyridine rings is 1. The molecule has 4 aromatic rings. The molecule has 7 heteroatoms. The highest BCUT2D eigenvalue weighted by atomic mass is 35.5. The van der Waals surface area contributed by atoms with Crippen molar-refractivity contribution in [3.63, 3.8) is 0 Å². The number of halogens is 1. The number of carbonyl (C=O) groups is 1. The van der Waals surface area contributed by atoms with Gasteiger partial charge in [-0.15, -0.1) is 11.6 Å². The molecular formula is C22H17ClN2O3S. The molecule has 0 aliphatic heterocycles. The van der Waals surface area contributed by atoms with Crippen LogP contribution in [0.2, 0.25) is 0 Å². The number of nitrogens with zero attached hydrogens (tertiary/aromatic N) is 2. The van der Waals surface area contributed by atoms with Crippen LogP contribution in [0, 0.1) is 0 Å². The van der Waals surface area contributed by atoms with Gasteiger partial charge in [-0.25, -0.2) is 12.4 Å². The Bertz CT molecular complexity index is 1280. The van der Waals surface area contributed by atoms with Crippen molar-refractivity contribution < 1.29 is 13.2 Å². The highest BCUT2D eigenvalue weighted by molar-refractivity contribution is 7.90. The highest BCUT2D eigenvalue weighted by Crippen LogP contribution is 2.28. The number of Topliss-reactive ketones (excluding diaryl/α,β-unsaturated/α-hetero) is 1. The fourth-order valence-corrected chi connectivity index (χ4v) is 4.79. The summed E-state index contributed by atoms with van der Waals surface area (Å²) in [6.07, 6.45) is 3.63. The van der Waals surface area contributed by atoms with Crippen LogP contribution in [0.3, 0.4) is 0 Å². The van der Waals surface area contributed by atoms with E-state index < -0.39 is 10.0 Å². The van der Waals surface area contributed by atoms with E-state index in [0.717, 1.165) is 11.3 Å². The quantitative estimate of drug-likeness (QED) is 0.342. The second-order valence-corrected chi connectivity index (χ2v) is 8.65. The number of rotatable bonds is 6. The van der Waals surface area contributed by atoms with Gasteiger partial charge in [0.05, 0.1) is 16.3 Å². The van der Waals surface area contributed by atoms with Crippen molar-refractivity contribution in [2.24, 2.45) is 0 Å². The van der Waals surface area contributed by atoms with E-state index in [2.05, 4.69) is 4.98 Å². The van der Waals surface area contributed by atoms with Gasteiger partial charge in [0.1, 0.15) is 0 Å². The minimum Gasteiger partial charge on any atom is -0.293 e. The van der Waals surface area contributed by atoms with Crippen molar-refractivity contribution in [3.8, 4) is 0 Å². The summed E-state index contributed by atoms with van der Waals surface area (Å²) in [5.74, 6) is -0.545. The number of fused-ring (bicyclic) bond motifs is 1. The molecule has 0 fully saturated rings. The Labute approximate surface area is 173 Å². The minimum atomic E-state index is -3.87. The molecule has 2 aromatic heterocycles. The molecule has 2 aromatic carbocycles. The molecule has 0 atom stereocenters. The summed E-state index contributed by atoms with van der Waals surface area (Å²) < 4.78 is 27.7. The minimum absolute atomic E-state index is 0.150. The maximum absolute atomic E-state index is 13.2. The van der Waals surface area contributed by atoms with E-state index in [1.54, 1.807) is 36.5 Å². The summed E-state index contributed by atoms with van der Waals surface area (Å²) in [4.78, 5) is 16.8. The van der Waals surface area contributed by atoms with Crippen LogP contribution in [0.25, 0.3) is 10.9 Å². The second kappa shape index (κ2) is 7.81. The first-order valence-electron chi connectivity index (χ1n) is 8.94. The average molecular weight is 425 g/mol. The number of benzene rings is 2. The Morgan fingerprint density at radius 2 is 1.76 bits per heavy atom. The van der Waals surface area contributed by atoms with Crippen LogP contribution >= 0.6 is 11.6 Å². The van der Waals surface area contributed by atoms with Crippen molar-refractivity contribution in [2.45, 2.75) is 11.3 Å². The summed E-state index contributed by atoms with van der Waals surface area (Å²) in [6.45, 7) is 0. The van der Waals surface area contributed by atoms with E-state index in [0.29, 0.717) is 22.9 Å². The molecule has 5 nitrogen and oxygen atoms in total. The monoisotopic (exact) mass is 424 g/mol. The van der Waals surface area contributed by atoms with Crippen molar-refractivity contribution in [1.29, 1.82) is 0 Å². The van der Waals surface area contributed by atoms with Gasteiger partial charge in [-0.3, -0.25) is 9.78 Å². The third-order valence-corrected chi connectivity index (χ3v) is 6.60. The Morgan fingerprint density at radius 3 is 2.45 bits per heavy atom. The second-order valence-electron chi connectivity index (χ2n) is 6.56. The van der Waals surface area contributed by atoms with Crippen LogP contribution in [0.5, 0.6) is 0 Å². The van der Waals surface area contributed by atoms with Crippen molar-refractivity contribution in [2.75, 3.05) is 5.88 Å². The Kier molecular flexibility index (Phi) is 5.22. The SMILES string of the molecule is O=C(CCl)c1cn(S(=O)(=O)c2ccccc2)c2cc(Cc3ccccn3)ccc12. The van der Waals surface area contributed by atoms with Gasteiger partial charge in [-0.05, 0) is 35.9 Å². The van der Waals surface area contributed by atoms with Crippen molar-refractivity contribution in [1.82, 2.24) is 8.96 Å². The van der Waals surface area contributed by atoms with E-state index in [1.807, 2.05) is 24.3 Å². The van der Waals surface area contributed by atoms with Gasteiger partial charge in [-0.2, -0.15) is 0 Å². The molecule has 0 aliphatic rings. The molecule has 0 radical (unpaired) electrons. The van der Waals surface area contributed by atoms with Gasteiger partial charge in [0, 0.05) is 35.5 Å². The Hall–Kier alpha value is -2.96. The summed E-state index contributed by atoms with van der Waals surface area (Å²) in [7, 11) is -3.87. The first-order chi connectivity index (χ1) is 14.0. The first-order valence-corrected chi connectivity index (χ1v) is 10.9.